The summed E-state index contributed by atoms with van der Waals surface area (Å²) in [5, 5.41) is 9.68. The van der Waals surface area contributed by atoms with E-state index in [1.54, 1.807) is 6.07 Å². The lowest BCUT2D eigenvalue weighted by molar-refractivity contribution is -0.138. The van der Waals surface area contributed by atoms with E-state index in [-0.39, 0.29) is 22.3 Å². The molecule has 4 nitrogen and oxygen atoms in total. The maximum absolute atomic E-state index is 13.0. The van der Waals surface area contributed by atoms with Gasteiger partial charge in [0.25, 0.3) is 0 Å². The number of fused-ring (bicyclic) bond motifs is 1. The summed E-state index contributed by atoms with van der Waals surface area (Å²) < 4.78 is 50.0. The second-order valence-electron chi connectivity index (χ2n) is 5.16. The highest BCUT2D eigenvalue weighted by Gasteiger charge is 2.34. The van der Waals surface area contributed by atoms with Crippen molar-refractivity contribution in [1.82, 2.24) is 0 Å². The number of benzene rings is 2. The minimum absolute atomic E-state index is 0.0128. The second kappa shape index (κ2) is 6.11. The van der Waals surface area contributed by atoms with Gasteiger partial charge in [-0.1, -0.05) is 0 Å². The first-order valence-electron chi connectivity index (χ1n) is 6.93. The summed E-state index contributed by atoms with van der Waals surface area (Å²) >= 11 is 3.26. The summed E-state index contributed by atoms with van der Waals surface area (Å²) in [6.07, 6.45) is -4.74. The molecule has 0 unspecified atom stereocenters. The molecular formula is C17H10BrF3O4. The SMILES string of the molecule is COc1ccc2c(=O)cc(-c3ccc(O)c(C(F)(F)F)c3)oc2c1Br. The maximum atomic E-state index is 13.0. The number of aromatic hydroxyl groups is 1. The Hall–Kier alpha value is -2.48. The molecule has 3 aromatic rings. The Bertz CT molecular complexity index is 1020. The average molecular weight is 415 g/mol. The van der Waals surface area contributed by atoms with Crippen LogP contribution in [-0.4, -0.2) is 12.2 Å². The van der Waals surface area contributed by atoms with E-state index in [1.807, 2.05) is 0 Å². The highest BCUT2D eigenvalue weighted by Crippen LogP contribution is 2.39. The van der Waals surface area contributed by atoms with E-state index in [0.29, 0.717) is 10.2 Å². The molecule has 0 saturated carbocycles. The predicted octanol–water partition coefficient (Wildman–Crippen LogP) is 4.96. The van der Waals surface area contributed by atoms with E-state index in [1.165, 1.54) is 19.2 Å². The molecule has 2 aromatic carbocycles. The fourth-order valence-electron chi connectivity index (χ4n) is 2.38. The number of hydrogen-bond acceptors (Lipinski definition) is 4. The molecule has 0 aliphatic heterocycles. The van der Waals surface area contributed by atoms with Crippen molar-refractivity contribution in [2.75, 3.05) is 7.11 Å². The third kappa shape index (κ3) is 3.09. The number of halogens is 4. The number of rotatable bonds is 2. The summed E-state index contributed by atoms with van der Waals surface area (Å²) in [5.74, 6) is -0.548. The van der Waals surface area contributed by atoms with Crippen molar-refractivity contribution >= 4 is 26.9 Å². The minimum atomic E-state index is -4.74. The molecule has 0 saturated heterocycles. The Balaban J connectivity index is 2.27. The summed E-state index contributed by atoms with van der Waals surface area (Å²) in [6.45, 7) is 0. The number of alkyl halides is 3. The van der Waals surface area contributed by atoms with Gasteiger partial charge < -0.3 is 14.3 Å². The van der Waals surface area contributed by atoms with Crippen LogP contribution in [0.3, 0.4) is 0 Å². The van der Waals surface area contributed by atoms with Gasteiger partial charge in [-0.3, -0.25) is 4.79 Å². The summed E-state index contributed by atoms with van der Waals surface area (Å²) in [7, 11) is 1.43. The predicted molar refractivity (Wildman–Crippen MR) is 88.8 cm³/mol. The zero-order valence-corrected chi connectivity index (χ0v) is 14.2. The molecule has 0 bridgehead atoms. The van der Waals surface area contributed by atoms with Crippen molar-refractivity contribution in [1.29, 1.82) is 0 Å². The average Bonchev–Trinajstić information content (AvgIpc) is 2.55. The molecule has 0 fully saturated rings. The van der Waals surface area contributed by atoms with E-state index < -0.39 is 22.9 Å². The molecule has 1 heterocycles. The van der Waals surface area contributed by atoms with Gasteiger partial charge in [-0.15, -0.1) is 0 Å². The molecule has 0 amide bonds. The molecule has 0 atom stereocenters. The van der Waals surface area contributed by atoms with E-state index in [4.69, 9.17) is 9.15 Å². The molecule has 0 aliphatic rings. The number of ether oxygens (including phenoxy) is 1. The quantitative estimate of drug-likeness (QED) is 0.643. The summed E-state index contributed by atoms with van der Waals surface area (Å²) in [5.41, 5.74) is -1.46. The van der Waals surface area contributed by atoms with Crippen molar-refractivity contribution in [2.24, 2.45) is 0 Å². The normalized spacial score (nSPS) is 11.7. The molecule has 1 N–H and O–H groups in total. The first-order chi connectivity index (χ1) is 11.7. The van der Waals surface area contributed by atoms with Crippen LogP contribution in [0.15, 0.2) is 50.1 Å². The number of phenolic OH excluding ortho intramolecular Hbond substituents is 1. The van der Waals surface area contributed by atoms with Crippen molar-refractivity contribution < 1.29 is 27.4 Å². The van der Waals surface area contributed by atoms with Gasteiger partial charge in [0.05, 0.1) is 18.1 Å². The first kappa shape index (κ1) is 17.3. The molecule has 0 aliphatic carbocycles. The number of hydrogen-bond donors (Lipinski definition) is 1. The first-order valence-corrected chi connectivity index (χ1v) is 7.72. The fraction of sp³-hybridized carbons (Fsp3) is 0.118. The van der Waals surface area contributed by atoms with Crippen LogP contribution in [0.4, 0.5) is 13.2 Å². The Kier molecular flexibility index (Phi) is 4.24. The van der Waals surface area contributed by atoms with Crippen LogP contribution >= 0.6 is 15.9 Å². The van der Waals surface area contributed by atoms with Crippen molar-refractivity contribution in [3.63, 3.8) is 0 Å². The van der Waals surface area contributed by atoms with Gasteiger partial charge in [-0.2, -0.15) is 13.2 Å². The van der Waals surface area contributed by atoms with Gasteiger partial charge in [0.2, 0.25) is 0 Å². The van der Waals surface area contributed by atoms with Crippen LogP contribution in [0.5, 0.6) is 11.5 Å². The third-order valence-corrected chi connectivity index (χ3v) is 4.36. The lowest BCUT2D eigenvalue weighted by Gasteiger charge is -2.11. The van der Waals surface area contributed by atoms with Crippen molar-refractivity contribution in [2.45, 2.75) is 6.18 Å². The molecular weight excluding hydrogens is 405 g/mol. The smallest absolute Gasteiger partial charge is 0.419 e. The van der Waals surface area contributed by atoms with E-state index in [9.17, 15) is 23.1 Å². The largest absolute Gasteiger partial charge is 0.507 e. The molecule has 0 spiro atoms. The van der Waals surface area contributed by atoms with Crippen LogP contribution < -0.4 is 10.2 Å². The Morgan fingerprint density at radius 1 is 1.16 bits per heavy atom. The Labute approximate surface area is 147 Å². The second-order valence-corrected chi connectivity index (χ2v) is 5.96. The van der Waals surface area contributed by atoms with Crippen LogP contribution in [0.1, 0.15) is 5.56 Å². The third-order valence-electron chi connectivity index (χ3n) is 3.61. The van der Waals surface area contributed by atoms with Gasteiger partial charge in [0, 0.05) is 11.6 Å². The summed E-state index contributed by atoms with van der Waals surface area (Å²) in [6, 6.07) is 7.06. The van der Waals surface area contributed by atoms with Crippen LogP contribution in [-0.2, 0) is 6.18 Å². The molecule has 25 heavy (non-hydrogen) atoms. The molecule has 1 aromatic heterocycles. The van der Waals surface area contributed by atoms with Gasteiger partial charge in [-0.05, 0) is 46.3 Å². The molecule has 0 radical (unpaired) electrons. The zero-order chi connectivity index (χ0) is 18.4. The highest BCUT2D eigenvalue weighted by molar-refractivity contribution is 9.10. The molecule has 130 valence electrons. The van der Waals surface area contributed by atoms with Crippen LogP contribution in [0.25, 0.3) is 22.3 Å². The Morgan fingerprint density at radius 2 is 1.88 bits per heavy atom. The van der Waals surface area contributed by atoms with Crippen molar-refractivity contribution in [3.8, 4) is 22.8 Å². The van der Waals surface area contributed by atoms with E-state index >= 15 is 0 Å². The van der Waals surface area contributed by atoms with E-state index in [2.05, 4.69) is 15.9 Å². The van der Waals surface area contributed by atoms with Gasteiger partial charge >= 0.3 is 6.18 Å². The number of phenols is 1. The van der Waals surface area contributed by atoms with Crippen LogP contribution in [0, 0.1) is 0 Å². The summed E-state index contributed by atoms with van der Waals surface area (Å²) in [4.78, 5) is 12.3. The van der Waals surface area contributed by atoms with E-state index in [0.717, 1.165) is 18.2 Å². The number of methoxy groups -OCH3 is 1. The fourth-order valence-corrected chi connectivity index (χ4v) is 2.97. The van der Waals surface area contributed by atoms with Gasteiger partial charge in [-0.25, -0.2) is 0 Å². The van der Waals surface area contributed by atoms with Gasteiger partial charge in [0.15, 0.2) is 11.0 Å². The standard InChI is InChI=1S/C17H10BrF3O4/c1-24-13-5-3-9-12(23)7-14(25-16(9)15(13)18)8-2-4-11(22)10(6-8)17(19,20)21/h2-7,22H,1H3. The Morgan fingerprint density at radius 3 is 2.52 bits per heavy atom. The zero-order valence-electron chi connectivity index (χ0n) is 12.6. The van der Waals surface area contributed by atoms with Crippen LogP contribution in [0.2, 0.25) is 0 Å². The van der Waals surface area contributed by atoms with Gasteiger partial charge in [0.1, 0.15) is 21.7 Å². The monoisotopic (exact) mass is 414 g/mol. The topological polar surface area (TPSA) is 59.7 Å². The molecule has 3 rings (SSSR count). The lowest BCUT2D eigenvalue weighted by Crippen LogP contribution is -2.06. The van der Waals surface area contributed by atoms with Crippen molar-refractivity contribution in [3.05, 3.63) is 56.7 Å². The highest BCUT2D eigenvalue weighted by atomic mass is 79.9. The lowest BCUT2D eigenvalue weighted by atomic mass is 10.1. The minimum Gasteiger partial charge on any atom is -0.507 e. The molecule has 8 heteroatoms. The maximum Gasteiger partial charge on any atom is 0.419 e.